The molecule has 0 saturated carbocycles. The van der Waals surface area contributed by atoms with Gasteiger partial charge in [-0.25, -0.2) is 0 Å². The molecule has 46 heavy (non-hydrogen) atoms. The summed E-state index contributed by atoms with van der Waals surface area (Å²) in [5.41, 5.74) is 0. The number of hydrogen-bond donors (Lipinski definition) is 0. The Labute approximate surface area is 289 Å². The molecule has 4 rings (SSSR count). The first kappa shape index (κ1) is 37.4. The number of benzene rings is 4. The Morgan fingerprint density at radius 2 is 0.391 bits per heavy atom. The zero-order valence-corrected chi connectivity index (χ0v) is 39.5. The van der Waals surface area contributed by atoms with Gasteiger partial charge in [-0.15, -0.1) is 0 Å². The Kier molecular flexibility index (Phi) is 10.4. The second-order valence-corrected chi connectivity index (χ2v) is 104. The number of rotatable bonds is 11. The average molecular weight is 744 g/mol. The zero-order valence-electron chi connectivity index (χ0n) is 31.5. The summed E-state index contributed by atoms with van der Waals surface area (Å²) in [6, 6.07) is 47.9. The maximum absolute atomic E-state index is 3.02. The minimum atomic E-state index is -1.96. The van der Waals surface area contributed by atoms with Gasteiger partial charge in [0, 0.05) is 27.5 Å². The van der Waals surface area contributed by atoms with E-state index in [9.17, 15) is 0 Å². The van der Waals surface area contributed by atoms with Crippen molar-refractivity contribution >= 4 is 78.6 Å². The van der Waals surface area contributed by atoms with Crippen molar-refractivity contribution in [2.24, 2.45) is 0 Å². The predicted octanol–water partition coefficient (Wildman–Crippen LogP) is 8.57. The highest BCUT2D eigenvalue weighted by Gasteiger charge is 2.75. The summed E-state index contributed by atoms with van der Waals surface area (Å²) < 4.78 is 0. The SMILES string of the molecule is C[Si](C)(c1ccccc1)[Si](C)([Si](C)(C)c1ccccc1)[Si](C)(C)[Si](C)(C)[Si](C)([Si](C)(C)c1ccccc1)[Si](C)(C)c1ccccc1. The highest BCUT2D eigenvalue weighted by atomic mass is 30.2. The molecule has 0 nitrogen and oxygen atoms in total. The Morgan fingerprint density at radius 1 is 0.239 bits per heavy atom. The molecular formula is C38H62Si8. The van der Waals surface area contributed by atoms with Crippen molar-refractivity contribution in [1.82, 2.24) is 0 Å². The van der Waals surface area contributed by atoms with E-state index in [1.54, 1.807) is 20.7 Å². The normalized spacial score (nSPS) is 14.3. The summed E-state index contributed by atoms with van der Waals surface area (Å²) in [5.74, 6) is 0. The average Bonchev–Trinajstić information content (AvgIpc) is 3.04. The number of hydrogen-bond acceptors (Lipinski definition) is 0. The van der Waals surface area contributed by atoms with Gasteiger partial charge in [0.15, 0.2) is 0 Å². The molecule has 8 heteroatoms. The van der Waals surface area contributed by atoms with Crippen molar-refractivity contribution in [2.45, 2.75) is 91.7 Å². The maximum Gasteiger partial charge on any atom is 0.0693 e. The standard InChI is InChI=1S/C38H62Si8/c1-39(2,35-27-19-15-20-28-35)45(13,40(3,4)36-29-21-16-22-30-36)43(9,10)44(11,12)46(14,41(5,6)37-31-23-17-24-32-37)42(7,8)38-33-25-18-26-34-38/h15-34H,1-14H3. The minimum absolute atomic E-state index is 1.72. The Bertz CT molecular complexity index is 1370. The molecule has 0 unspecified atom stereocenters. The van der Waals surface area contributed by atoms with Crippen LogP contribution in [-0.4, -0.2) is 57.8 Å². The van der Waals surface area contributed by atoms with Crippen LogP contribution in [0.4, 0.5) is 0 Å². The van der Waals surface area contributed by atoms with Crippen molar-refractivity contribution in [1.29, 1.82) is 0 Å². The fraction of sp³-hybridized carbons (Fsp3) is 0.368. The molecule has 0 aromatic heterocycles. The third-order valence-electron chi connectivity index (χ3n) is 15.0. The lowest BCUT2D eigenvalue weighted by atomic mass is 10.4. The quantitative estimate of drug-likeness (QED) is 0.135. The van der Waals surface area contributed by atoms with Crippen molar-refractivity contribution in [3.05, 3.63) is 121 Å². The van der Waals surface area contributed by atoms with Crippen LogP contribution in [-0.2, 0) is 0 Å². The molecule has 4 aromatic carbocycles. The third-order valence-corrected chi connectivity index (χ3v) is 197. The van der Waals surface area contributed by atoms with Crippen LogP contribution in [0.3, 0.4) is 0 Å². The highest BCUT2D eigenvalue weighted by molar-refractivity contribution is 8.12. The van der Waals surface area contributed by atoms with Gasteiger partial charge in [-0.2, -0.15) is 0 Å². The maximum atomic E-state index is 3.02. The lowest BCUT2D eigenvalue weighted by Crippen LogP contribution is -3.01. The second-order valence-electron chi connectivity index (χ2n) is 17.5. The summed E-state index contributed by atoms with van der Waals surface area (Å²) in [5, 5.41) is 6.86. The second kappa shape index (κ2) is 12.8. The largest absolute Gasteiger partial charge is 0.0742 e. The van der Waals surface area contributed by atoms with Crippen LogP contribution >= 0.6 is 0 Å². The molecule has 0 N–H and O–H groups in total. The molecule has 0 amide bonds. The monoisotopic (exact) mass is 742 g/mol. The van der Waals surface area contributed by atoms with Crippen LogP contribution in [0, 0.1) is 0 Å². The van der Waals surface area contributed by atoms with Crippen molar-refractivity contribution in [2.75, 3.05) is 0 Å². The highest BCUT2D eigenvalue weighted by Crippen LogP contribution is 2.48. The van der Waals surface area contributed by atoms with Gasteiger partial charge in [-0.1, -0.05) is 234 Å². The van der Waals surface area contributed by atoms with Crippen LogP contribution in [0.1, 0.15) is 0 Å². The molecule has 0 spiro atoms. The topological polar surface area (TPSA) is 0 Å². The molecule has 4 aromatic rings. The molecule has 0 aliphatic carbocycles. The first-order valence-electron chi connectivity index (χ1n) is 17.4. The van der Waals surface area contributed by atoms with Gasteiger partial charge in [-0.05, 0) is 0 Å². The summed E-state index contributed by atoms with van der Waals surface area (Å²) in [7, 11) is -11.4. The van der Waals surface area contributed by atoms with Gasteiger partial charge in [0.05, 0.1) is 30.4 Å². The molecule has 246 valence electrons. The molecule has 0 atom stereocenters. The van der Waals surface area contributed by atoms with E-state index in [0.29, 0.717) is 0 Å². The van der Waals surface area contributed by atoms with Gasteiger partial charge < -0.3 is 0 Å². The van der Waals surface area contributed by atoms with Crippen LogP contribution < -0.4 is 20.7 Å². The fourth-order valence-electron chi connectivity index (χ4n) is 10.5. The smallest absolute Gasteiger partial charge is 0.0693 e. The lowest BCUT2D eigenvalue weighted by Gasteiger charge is -2.69. The Hall–Kier alpha value is -1.38. The van der Waals surface area contributed by atoms with E-state index in [1.165, 1.54) is 0 Å². The fourth-order valence-corrected chi connectivity index (χ4v) is 285. The van der Waals surface area contributed by atoms with E-state index >= 15 is 0 Å². The first-order chi connectivity index (χ1) is 21.2. The van der Waals surface area contributed by atoms with Crippen LogP contribution in [0.5, 0.6) is 0 Å². The molecule has 0 bridgehead atoms. The van der Waals surface area contributed by atoms with Gasteiger partial charge in [0.25, 0.3) is 0 Å². The van der Waals surface area contributed by atoms with Gasteiger partial charge in [-0.3, -0.25) is 0 Å². The summed E-state index contributed by atoms with van der Waals surface area (Å²) in [4.78, 5) is 0. The summed E-state index contributed by atoms with van der Waals surface area (Å²) in [6.07, 6.45) is 0. The molecule has 0 aliphatic rings. The van der Waals surface area contributed by atoms with E-state index in [4.69, 9.17) is 0 Å². The van der Waals surface area contributed by atoms with Crippen molar-refractivity contribution in [3.63, 3.8) is 0 Å². The van der Waals surface area contributed by atoms with Crippen LogP contribution in [0.2, 0.25) is 91.7 Å². The Morgan fingerprint density at radius 3 is 0.543 bits per heavy atom. The molecule has 0 aliphatic heterocycles. The minimum Gasteiger partial charge on any atom is -0.0742 e. The van der Waals surface area contributed by atoms with Crippen molar-refractivity contribution < 1.29 is 0 Å². The lowest BCUT2D eigenvalue weighted by molar-refractivity contribution is 1.69. The molecule has 0 heterocycles. The summed E-state index contributed by atoms with van der Waals surface area (Å²) in [6.45, 7) is 36.9. The van der Waals surface area contributed by atoms with Gasteiger partial charge >= 0.3 is 0 Å². The third kappa shape index (κ3) is 5.34. The summed E-state index contributed by atoms with van der Waals surface area (Å²) >= 11 is 0. The van der Waals surface area contributed by atoms with Gasteiger partial charge in [0.1, 0.15) is 0 Å². The van der Waals surface area contributed by atoms with E-state index < -0.39 is 57.8 Å². The van der Waals surface area contributed by atoms with E-state index in [0.717, 1.165) is 0 Å². The van der Waals surface area contributed by atoms with Gasteiger partial charge in [0.2, 0.25) is 0 Å². The van der Waals surface area contributed by atoms with E-state index in [2.05, 4.69) is 213 Å². The van der Waals surface area contributed by atoms with Crippen LogP contribution in [0.15, 0.2) is 121 Å². The molecule has 0 saturated heterocycles. The molecule has 0 radical (unpaired) electrons. The molecular weight excluding hydrogens is 681 g/mol. The van der Waals surface area contributed by atoms with E-state index in [-0.39, 0.29) is 0 Å². The predicted molar refractivity (Wildman–Crippen MR) is 232 cm³/mol. The van der Waals surface area contributed by atoms with E-state index in [1.807, 2.05) is 0 Å². The Balaban J connectivity index is 2.15. The van der Waals surface area contributed by atoms with Crippen LogP contribution in [0.25, 0.3) is 0 Å². The molecule has 0 fully saturated rings. The van der Waals surface area contributed by atoms with Crippen molar-refractivity contribution in [3.8, 4) is 0 Å². The first-order valence-corrected chi connectivity index (χ1v) is 47.4. The zero-order chi connectivity index (χ0) is 34.5.